The molecule has 0 aliphatic heterocycles. The molecular formula is C20H13Cl4N2O5PS2. The Balaban J connectivity index is 1.37. The van der Waals surface area contributed by atoms with Crippen LogP contribution in [0.25, 0.3) is 21.1 Å². The van der Waals surface area contributed by atoms with E-state index < -0.39 is 20.8 Å². The van der Waals surface area contributed by atoms with Crippen molar-refractivity contribution in [3.05, 3.63) is 78.6 Å². The summed E-state index contributed by atoms with van der Waals surface area (Å²) in [5, 5.41) is 26.2. The Morgan fingerprint density at radius 2 is 1.15 bits per heavy atom. The summed E-state index contributed by atoms with van der Waals surface area (Å²) < 4.78 is 22.2. The minimum absolute atomic E-state index is 0.123. The van der Waals surface area contributed by atoms with Gasteiger partial charge >= 0.3 is 8.25 Å². The van der Waals surface area contributed by atoms with Crippen LogP contribution in [0.2, 0.25) is 20.1 Å². The maximum absolute atomic E-state index is 12.2. The number of aliphatic hydroxyl groups excluding tert-OH is 2. The van der Waals surface area contributed by atoms with E-state index in [1.165, 1.54) is 33.4 Å². The molecule has 0 bridgehead atoms. The molecule has 2 aromatic heterocycles. The highest BCUT2D eigenvalue weighted by atomic mass is 35.5. The Bertz CT molecular complexity index is 1250. The van der Waals surface area contributed by atoms with Crippen LogP contribution in [0.4, 0.5) is 0 Å². The molecule has 0 aliphatic carbocycles. The number of halogens is 4. The summed E-state index contributed by atoms with van der Waals surface area (Å²) in [4.78, 5) is 8.52. The Labute approximate surface area is 222 Å². The average Bonchev–Trinajstić information content (AvgIpc) is 3.48. The quantitative estimate of drug-likeness (QED) is 0.159. The number of benzene rings is 2. The maximum atomic E-state index is 12.2. The molecule has 2 heterocycles. The molecule has 4 aromatic rings. The molecule has 4 rings (SSSR count). The molecule has 0 amide bonds. The van der Waals surface area contributed by atoms with E-state index in [2.05, 4.69) is 9.97 Å². The number of rotatable bonds is 8. The Kier molecular flexibility index (Phi) is 8.66. The number of nitrogens with zero attached hydrogens (tertiary/aromatic N) is 2. The molecule has 2 N–H and O–H groups in total. The first-order valence-corrected chi connectivity index (χ1v) is 13.8. The van der Waals surface area contributed by atoms with E-state index >= 15 is 0 Å². The number of hydrogen-bond acceptors (Lipinski definition) is 9. The van der Waals surface area contributed by atoms with Crippen LogP contribution in [-0.2, 0) is 13.6 Å². The van der Waals surface area contributed by atoms with E-state index in [9.17, 15) is 14.8 Å². The molecule has 7 nitrogen and oxygen atoms in total. The molecule has 0 spiro atoms. The number of hydrogen-bond donors (Lipinski definition) is 2. The van der Waals surface area contributed by atoms with Gasteiger partial charge in [0.05, 0.1) is 20.1 Å². The normalized spacial score (nSPS) is 14.2. The van der Waals surface area contributed by atoms with E-state index in [4.69, 9.17) is 55.5 Å². The number of aliphatic hydroxyl groups is 2. The first-order valence-electron chi connectivity index (χ1n) is 9.26. The SMILES string of the molecule is O=[PH](OC(O)c1csc(-c2ccc(Cl)c(Cl)c2)n1)OC(O)c1csc(-c2ccc(Cl)c(Cl)c2)n1. The average molecular weight is 598 g/mol. The van der Waals surface area contributed by atoms with Crippen molar-refractivity contribution in [2.24, 2.45) is 0 Å². The number of aromatic nitrogens is 2. The van der Waals surface area contributed by atoms with Gasteiger partial charge in [-0.1, -0.05) is 58.5 Å². The Morgan fingerprint density at radius 3 is 1.53 bits per heavy atom. The van der Waals surface area contributed by atoms with Crippen LogP contribution in [0.1, 0.15) is 24.0 Å². The van der Waals surface area contributed by atoms with Crippen molar-refractivity contribution in [1.82, 2.24) is 9.97 Å². The van der Waals surface area contributed by atoms with E-state index in [0.717, 1.165) is 0 Å². The monoisotopic (exact) mass is 596 g/mol. The lowest BCUT2D eigenvalue weighted by atomic mass is 10.2. The summed E-state index contributed by atoms with van der Waals surface area (Å²) in [5.74, 6) is 0. The third kappa shape index (κ3) is 6.19. The molecule has 2 atom stereocenters. The van der Waals surface area contributed by atoms with Gasteiger partial charge in [-0.25, -0.2) is 9.97 Å². The maximum Gasteiger partial charge on any atom is 0.324 e. The molecule has 0 fully saturated rings. The topological polar surface area (TPSA) is 102 Å². The second kappa shape index (κ2) is 11.3. The highest BCUT2D eigenvalue weighted by Crippen LogP contribution is 2.39. The summed E-state index contributed by atoms with van der Waals surface area (Å²) in [6.45, 7) is 0. The van der Waals surface area contributed by atoms with Crippen molar-refractivity contribution < 1.29 is 23.8 Å². The molecule has 0 aliphatic rings. The lowest BCUT2D eigenvalue weighted by Crippen LogP contribution is -2.03. The smallest absolute Gasteiger partial charge is 0.324 e. The van der Waals surface area contributed by atoms with Gasteiger partial charge in [0.2, 0.25) is 12.6 Å². The van der Waals surface area contributed by atoms with Crippen molar-refractivity contribution in [3.8, 4) is 21.1 Å². The molecule has 2 aromatic carbocycles. The van der Waals surface area contributed by atoms with Gasteiger partial charge in [0.15, 0.2) is 0 Å². The van der Waals surface area contributed by atoms with E-state index in [-0.39, 0.29) is 11.4 Å². The second-order valence-corrected chi connectivity index (χ2v) is 10.9. The van der Waals surface area contributed by atoms with Crippen LogP contribution in [0, 0.1) is 0 Å². The van der Waals surface area contributed by atoms with Crippen LogP contribution in [0.15, 0.2) is 47.2 Å². The molecule has 34 heavy (non-hydrogen) atoms. The third-order valence-electron chi connectivity index (χ3n) is 4.30. The number of thiazole rings is 2. The molecular weight excluding hydrogens is 585 g/mol. The predicted molar refractivity (Wildman–Crippen MR) is 136 cm³/mol. The standard InChI is InChI=1S/C20H13Cl4N2O5PS2/c21-11-3-1-9(5-13(11)23)17-25-15(7-33-17)19(27)30-32(29)31-20(28)16-8-34-18(26-16)10-2-4-12(22)14(24)6-10/h1-8,19-20,27-28,32H. The van der Waals surface area contributed by atoms with Crippen molar-refractivity contribution in [2.45, 2.75) is 12.6 Å². The zero-order chi connectivity index (χ0) is 24.4. The fourth-order valence-electron chi connectivity index (χ4n) is 2.65. The van der Waals surface area contributed by atoms with Gasteiger partial charge in [-0.2, -0.15) is 0 Å². The molecule has 14 heteroatoms. The highest BCUT2D eigenvalue weighted by Gasteiger charge is 2.21. The zero-order valence-electron chi connectivity index (χ0n) is 16.6. The lowest BCUT2D eigenvalue weighted by Gasteiger charge is -2.12. The zero-order valence-corrected chi connectivity index (χ0v) is 22.3. The fraction of sp³-hybridized carbons (Fsp3) is 0.100. The summed E-state index contributed by atoms with van der Waals surface area (Å²) >= 11 is 26.4. The summed E-state index contributed by atoms with van der Waals surface area (Å²) in [5.41, 5.74) is 1.63. The molecule has 0 radical (unpaired) electrons. The van der Waals surface area contributed by atoms with Crippen molar-refractivity contribution in [2.75, 3.05) is 0 Å². The predicted octanol–water partition coefficient (Wildman–Crippen LogP) is 7.65. The van der Waals surface area contributed by atoms with Crippen LogP contribution in [-0.4, -0.2) is 20.2 Å². The summed E-state index contributed by atoms with van der Waals surface area (Å²) in [7, 11) is -3.31. The minimum atomic E-state index is -3.31. The van der Waals surface area contributed by atoms with Gasteiger partial charge in [-0.05, 0) is 24.3 Å². The van der Waals surface area contributed by atoms with Gasteiger partial charge < -0.3 is 10.2 Å². The van der Waals surface area contributed by atoms with E-state index in [1.807, 2.05) is 0 Å². The largest absolute Gasteiger partial charge is 0.363 e. The third-order valence-corrected chi connectivity index (χ3v) is 8.43. The lowest BCUT2D eigenvalue weighted by molar-refractivity contribution is -0.0646. The summed E-state index contributed by atoms with van der Waals surface area (Å²) in [6.07, 6.45) is -3.26. The van der Waals surface area contributed by atoms with Crippen LogP contribution in [0.3, 0.4) is 0 Å². The molecule has 2 unspecified atom stereocenters. The minimum Gasteiger partial charge on any atom is -0.363 e. The van der Waals surface area contributed by atoms with Gasteiger partial charge in [-0.3, -0.25) is 13.6 Å². The van der Waals surface area contributed by atoms with E-state index in [0.29, 0.717) is 41.2 Å². The first-order chi connectivity index (χ1) is 16.2. The molecule has 0 saturated heterocycles. The van der Waals surface area contributed by atoms with Gasteiger partial charge in [0.25, 0.3) is 0 Å². The van der Waals surface area contributed by atoms with Crippen LogP contribution < -0.4 is 0 Å². The van der Waals surface area contributed by atoms with Crippen LogP contribution in [0.5, 0.6) is 0 Å². The van der Waals surface area contributed by atoms with Gasteiger partial charge in [0, 0.05) is 21.9 Å². The first kappa shape index (κ1) is 26.0. The van der Waals surface area contributed by atoms with Crippen molar-refractivity contribution in [1.29, 1.82) is 0 Å². The Hall–Kier alpha value is -1.07. The highest BCUT2D eigenvalue weighted by molar-refractivity contribution is 7.33. The van der Waals surface area contributed by atoms with Crippen molar-refractivity contribution >= 4 is 77.3 Å². The molecule has 178 valence electrons. The van der Waals surface area contributed by atoms with Crippen LogP contribution >= 0.6 is 77.3 Å². The van der Waals surface area contributed by atoms with Crippen molar-refractivity contribution in [3.63, 3.8) is 0 Å². The van der Waals surface area contributed by atoms with Gasteiger partial charge in [0.1, 0.15) is 21.4 Å². The molecule has 0 saturated carbocycles. The fourth-order valence-corrected chi connectivity index (χ4v) is 5.56. The van der Waals surface area contributed by atoms with E-state index in [1.54, 1.807) is 36.4 Å². The van der Waals surface area contributed by atoms with Gasteiger partial charge in [-0.15, -0.1) is 22.7 Å². The summed E-state index contributed by atoms with van der Waals surface area (Å²) in [6, 6.07) is 10.0. The second-order valence-electron chi connectivity index (χ2n) is 6.60. The Morgan fingerprint density at radius 1 is 0.735 bits per heavy atom.